The number of hydrogen-bond donors (Lipinski definition) is 0. The molecule has 4 rings (SSSR count). The summed E-state index contributed by atoms with van der Waals surface area (Å²) in [5.74, 6) is 2.14. The van der Waals surface area contributed by atoms with E-state index in [4.69, 9.17) is 9.97 Å². The van der Waals surface area contributed by atoms with Gasteiger partial charge < -0.3 is 9.80 Å². The van der Waals surface area contributed by atoms with Crippen LogP contribution in [-0.2, 0) is 11.2 Å². The number of fused-ring (bicyclic) bond motifs is 1. The fourth-order valence-corrected chi connectivity index (χ4v) is 5.39. The summed E-state index contributed by atoms with van der Waals surface area (Å²) < 4.78 is 13.0. The predicted molar refractivity (Wildman–Crippen MR) is 111 cm³/mol. The third kappa shape index (κ3) is 3.48. The Bertz CT molecular complexity index is 898. The highest BCUT2D eigenvalue weighted by Crippen LogP contribution is 2.42. The molecule has 1 saturated carbocycles. The van der Waals surface area contributed by atoms with Gasteiger partial charge in [0.15, 0.2) is 5.82 Å². The Balaban J connectivity index is 1.42. The van der Waals surface area contributed by atoms with Crippen molar-refractivity contribution in [3.8, 4) is 0 Å². The number of likely N-dealkylation sites (N-methyl/N-ethyl adjacent to an activating group) is 2. The second-order valence-corrected chi connectivity index (χ2v) is 9.19. The van der Waals surface area contributed by atoms with Crippen molar-refractivity contribution in [2.75, 3.05) is 23.9 Å². The zero-order chi connectivity index (χ0) is 20.0. The lowest BCUT2D eigenvalue weighted by atomic mass is 9.82. The molecule has 1 aliphatic carbocycles. The maximum absolute atomic E-state index is 13.0. The van der Waals surface area contributed by atoms with Crippen molar-refractivity contribution in [2.24, 2.45) is 5.92 Å². The zero-order valence-electron chi connectivity index (χ0n) is 16.6. The van der Waals surface area contributed by atoms with Crippen molar-refractivity contribution in [2.45, 2.75) is 49.3 Å². The molecule has 1 aromatic carbocycles. The maximum Gasteiger partial charge on any atom is 0.249 e. The molecular formula is C21H25FN4OS. The van der Waals surface area contributed by atoms with Crippen LogP contribution in [0.15, 0.2) is 29.2 Å². The lowest BCUT2D eigenvalue weighted by molar-refractivity contribution is -0.119. The second kappa shape index (κ2) is 7.35. The van der Waals surface area contributed by atoms with Crippen LogP contribution in [0.1, 0.15) is 31.3 Å². The molecule has 0 bridgehead atoms. The molecule has 0 saturated heterocycles. The van der Waals surface area contributed by atoms with Gasteiger partial charge in [-0.1, -0.05) is 0 Å². The highest BCUT2D eigenvalue weighted by atomic mass is 32.2. The number of hydrogen-bond acceptors (Lipinski definition) is 5. The largest absolute Gasteiger partial charge is 0.346 e. The Kier molecular flexibility index (Phi) is 5.04. The van der Waals surface area contributed by atoms with Gasteiger partial charge in [0.25, 0.3) is 0 Å². The van der Waals surface area contributed by atoms with Crippen molar-refractivity contribution in [1.29, 1.82) is 0 Å². The highest BCUT2D eigenvalue weighted by Gasteiger charge is 2.36. The van der Waals surface area contributed by atoms with Gasteiger partial charge in [-0.05, 0) is 56.9 Å². The number of carbonyl (C=O) groups is 1. The van der Waals surface area contributed by atoms with Crippen LogP contribution in [0.2, 0.25) is 0 Å². The van der Waals surface area contributed by atoms with Gasteiger partial charge >= 0.3 is 0 Å². The number of aryl methyl sites for hydroxylation is 1. The van der Waals surface area contributed by atoms with Gasteiger partial charge in [0.1, 0.15) is 23.4 Å². The van der Waals surface area contributed by atoms with Gasteiger partial charge in [-0.15, -0.1) is 11.8 Å². The Morgan fingerprint density at radius 1 is 1.18 bits per heavy atom. The summed E-state index contributed by atoms with van der Waals surface area (Å²) in [5.41, 5.74) is 1.67. The van der Waals surface area contributed by atoms with Crippen LogP contribution in [0.25, 0.3) is 0 Å². The van der Waals surface area contributed by atoms with E-state index in [1.807, 2.05) is 49.7 Å². The summed E-state index contributed by atoms with van der Waals surface area (Å²) in [5, 5.41) is 0.570. The number of anilines is 2. The van der Waals surface area contributed by atoms with Gasteiger partial charge in [0, 0.05) is 30.7 Å². The maximum atomic E-state index is 13.0. The van der Waals surface area contributed by atoms with Gasteiger partial charge in [-0.25, -0.2) is 14.4 Å². The van der Waals surface area contributed by atoms with Gasteiger partial charge in [0.2, 0.25) is 5.91 Å². The van der Waals surface area contributed by atoms with Gasteiger partial charge in [0.05, 0.1) is 5.69 Å². The van der Waals surface area contributed by atoms with E-state index in [0.717, 1.165) is 47.2 Å². The zero-order valence-corrected chi connectivity index (χ0v) is 17.5. The van der Waals surface area contributed by atoms with Crippen LogP contribution in [0, 0.1) is 18.7 Å². The lowest BCUT2D eigenvalue weighted by Gasteiger charge is -2.38. The molecule has 0 radical (unpaired) electrons. The number of aromatic nitrogens is 2. The number of thioether (sulfide) groups is 1. The van der Waals surface area contributed by atoms with Crippen molar-refractivity contribution in [1.82, 2.24) is 9.97 Å². The molecule has 148 valence electrons. The Hall–Kier alpha value is -2.15. The number of nitrogens with zero attached hydrogens (tertiary/aromatic N) is 4. The fraction of sp³-hybridized carbons (Fsp3) is 0.476. The highest BCUT2D eigenvalue weighted by molar-refractivity contribution is 8.00. The van der Waals surface area contributed by atoms with Crippen LogP contribution in [0.3, 0.4) is 0 Å². The third-order valence-electron chi connectivity index (χ3n) is 5.80. The van der Waals surface area contributed by atoms with Crippen molar-refractivity contribution >= 4 is 29.2 Å². The quantitative estimate of drug-likeness (QED) is 0.781. The number of halogens is 1. The van der Waals surface area contributed by atoms with Gasteiger partial charge in [-0.2, -0.15) is 0 Å². The van der Waals surface area contributed by atoms with Gasteiger partial charge in [-0.3, -0.25) is 4.79 Å². The first-order chi connectivity index (χ1) is 13.3. The number of amides is 1. The Labute approximate surface area is 169 Å². The first kappa shape index (κ1) is 19.2. The topological polar surface area (TPSA) is 49.3 Å². The predicted octanol–water partition coefficient (Wildman–Crippen LogP) is 3.84. The minimum Gasteiger partial charge on any atom is -0.346 e. The molecule has 7 heteroatoms. The molecule has 1 aromatic heterocycles. The summed E-state index contributed by atoms with van der Waals surface area (Å²) >= 11 is 1.82. The second-order valence-electron chi connectivity index (χ2n) is 7.82. The molecule has 2 heterocycles. The molecule has 0 spiro atoms. The molecule has 1 amide bonds. The molecule has 28 heavy (non-hydrogen) atoms. The lowest BCUT2D eigenvalue weighted by Crippen LogP contribution is -2.50. The molecular weight excluding hydrogens is 375 g/mol. The summed E-state index contributed by atoms with van der Waals surface area (Å²) in [6.07, 6.45) is 3.09. The van der Waals surface area contributed by atoms with Crippen LogP contribution < -0.4 is 9.80 Å². The molecule has 2 aromatic rings. The monoisotopic (exact) mass is 400 g/mol. The van der Waals surface area contributed by atoms with E-state index in [9.17, 15) is 9.18 Å². The smallest absolute Gasteiger partial charge is 0.249 e. The average molecular weight is 401 g/mol. The minimum absolute atomic E-state index is 0.0640. The summed E-state index contributed by atoms with van der Waals surface area (Å²) in [7, 11) is 3.72. The van der Waals surface area contributed by atoms with Crippen LogP contribution >= 0.6 is 11.8 Å². The molecule has 0 unspecified atom stereocenters. The van der Waals surface area contributed by atoms with E-state index in [2.05, 4.69) is 0 Å². The standard InChI is InChI=1S/C21H25FN4OS/c1-12-19-20(25(3)13(2)21(27)26(19)4)24-18(23-12)11-14-9-17(10-14)28-16-7-5-15(22)6-8-16/h5-8,13-14,17H,9-11H2,1-4H3/t13-,14?,17?/m0/s1. The summed E-state index contributed by atoms with van der Waals surface area (Å²) in [6, 6.07) is 6.50. The normalized spacial score (nSPS) is 24.2. The van der Waals surface area contributed by atoms with Crippen molar-refractivity contribution in [3.63, 3.8) is 0 Å². The third-order valence-corrected chi connectivity index (χ3v) is 7.07. The first-order valence-electron chi connectivity index (χ1n) is 9.63. The van der Waals surface area contributed by atoms with E-state index < -0.39 is 0 Å². The molecule has 1 atom stereocenters. The molecule has 0 N–H and O–H groups in total. The summed E-state index contributed by atoms with van der Waals surface area (Å²) in [4.78, 5) is 26.6. The van der Waals surface area contributed by atoms with Crippen LogP contribution in [-0.4, -0.2) is 41.3 Å². The number of rotatable bonds is 4. The van der Waals surface area contributed by atoms with E-state index in [1.165, 1.54) is 12.1 Å². The molecule has 1 fully saturated rings. The molecule has 5 nitrogen and oxygen atoms in total. The Morgan fingerprint density at radius 3 is 2.54 bits per heavy atom. The van der Waals surface area contributed by atoms with Crippen molar-refractivity contribution in [3.05, 3.63) is 41.6 Å². The van der Waals surface area contributed by atoms with E-state index in [0.29, 0.717) is 11.2 Å². The van der Waals surface area contributed by atoms with E-state index in [-0.39, 0.29) is 17.8 Å². The minimum atomic E-state index is -0.222. The first-order valence-corrected chi connectivity index (χ1v) is 10.5. The van der Waals surface area contributed by atoms with E-state index >= 15 is 0 Å². The Morgan fingerprint density at radius 2 is 1.86 bits per heavy atom. The number of benzene rings is 1. The van der Waals surface area contributed by atoms with Crippen molar-refractivity contribution < 1.29 is 9.18 Å². The summed E-state index contributed by atoms with van der Waals surface area (Å²) in [6.45, 7) is 3.85. The SMILES string of the molecule is Cc1nc(CC2CC(Sc3ccc(F)cc3)C2)nc2c1N(C)C(=O)[C@H](C)N2C. The van der Waals surface area contributed by atoms with Crippen LogP contribution in [0.4, 0.5) is 15.9 Å². The molecule has 2 aliphatic rings. The number of carbonyl (C=O) groups excluding carboxylic acids is 1. The van der Waals surface area contributed by atoms with Crippen LogP contribution in [0.5, 0.6) is 0 Å². The van der Waals surface area contributed by atoms with E-state index in [1.54, 1.807) is 11.9 Å². The molecule has 1 aliphatic heterocycles. The fourth-order valence-electron chi connectivity index (χ4n) is 3.98. The average Bonchev–Trinajstić information content (AvgIpc) is 2.64.